The van der Waals surface area contributed by atoms with Crippen LogP contribution >= 0.6 is 0 Å². The highest BCUT2D eigenvalue weighted by atomic mass is 32.2. The number of rotatable bonds is 3. The standard InChI is InChI=1S/C25H19FN2O3S/c1-28-22-10-9-17(5-3-6-18-11-12-27-24(16-18)31-2)14-21(22)25(29)23(32(28)30)15-19-7-4-8-20(26)13-19/h4,7-16H,6H2,1-2H3/b23-15+. The summed E-state index contributed by atoms with van der Waals surface area (Å²) < 4.78 is 33.1. The van der Waals surface area contributed by atoms with Gasteiger partial charge in [-0.15, -0.1) is 0 Å². The molecule has 0 N–H and O–H groups in total. The number of allylic oxidation sites excluding steroid dienone is 1. The van der Waals surface area contributed by atoms with E-state index in [-0.39, 0.29) is 10.7 Å². The van der Waals surface area contributed by atoms with Crippen molar-refractivity contribution in [1.82, 2.24) is 4.98 Å². The molecular weight excluding hydrogens is 427 g/mol. The van der Waals surface area contributed by atoms with E-state index in [1.807, 2.05) is 12.1 Å². The second-order valence-electron chi connectivity index (χ2n) is 7.06. The van der Waals surface area contributed by atoms with Crippen molar-refractivity contribution in [2.45, 2.75) is 6.42 Å². The van der Waals surface area contributed by atoms with E-state index in [1.54, 1.807) is 50.7 Å². The molecule has 1 aliphatic rings. The monoisotopic (exact) mass is 446 g/mol. The van der Waals surface area contributed by atoms with Crippen molar-refractivity contribution in [3.8, 4) is 17.7 Å². The van der Waals surface area contributed by atoms with Crippen LogP contribution in [0.1, 0.15) is 27.0 Å². The Labute approximate surface area is 188 Å². The number of anilines is 1. The number of pyridine rings is 1. The van der Waals surface area contributed by atoms with E-state index in [1.165, 1.54) is 22.5 Å². The fourth-order valence-corrected chi connectivity index (χ4v) is 4.44. The first kappa shape index (κ1) is 21.5. The number of carbonyl (C=O) groups is 1. The van der Waals surface area contributed by atoms with Gasteiger partial charge in [-0.05, 0) is 53.6 Å². The summed E-state index contributed by atoms with van der Waals surface area (Å²) in [4.78, 5) is 17.3. The molecular formula is C25H19FN2O3S. The van der Waals surface area contributed by atoms with Gasteiger partial charge in [0.05, 0.1) is 12.8 Å². The van der Waals surface area contributed by atoms with Gasteiger partial charge in [0.15, 0.2) is 11.0 Å². The maximum Gasteiger partial charge on any atom is 0.213 e. The number of nitrogens with zero attached hydrogens (tertiary/aromatic N) is 2. The van der Waals surface area contributed by atoms with E-state index in [0.717, 1.165) is 5.56 Å². The Kier molecular flexibility index (Phi) is 6.15. The summed E-state index contributed by atoms with van der Waals surface area (Å²) in [7, 11) is 1.52. The topological polar surface area (TPSA) is 59.5 Å². The fourth-order valence-electron chi connectivity index (χ4n) is 3.30. The second-order valence-corrected chi connectivity index (χ2v) is 8.54. The number of methoxy groups -OCH3 is 1. The number of carbonyl (C=O) groups excluding carboxylic acids is 1. The molecule has 0 amide bonds. The summed E-state index contributed by atoms with van der Waals surface area (Å²) in [5.41, 5.74) is 3.08. The van der Waals surface area contributed by atoms with Crippen molar-refractivity contribution >= 4 is 28.5 Å². The zero-order valence-corrected chi connectivity index (χ0v) is 18.3. The fraction of sp³-hybridized carbons (Fsp3) is 0.120. The molecule has 160 valence electrons. The third-order valence-electron chi connectivity index (χ3n) is 4.92. The van der Waals surface area contributed by atoms with Crippen LogP contribution in [0.2, 0.25) is 0 Å². The van der Waals surface area contributed by atoms with Crippen LogP contribution < -0.4 is 9.04 Å². The molecule has 1 aromatic heterocycles. The second kappa shape index (κ2) is 9.16. The van der Waals surface area contributed by atoms with Gasteiger partial charge in [-0.2, -0.15) is 0 Å². The van der Waals surface area contributed by atoms with Crippen LogP contribution in [0.3, 0.4) is 0 Å². The number of Topliss-reactive ketones (excluding diaryl/α,β-unsaturated/α-hetero) is 1. The first-order valence-electron chi connectivity index (χ1n) is 9.75. The van der Waals surface area contributed by atoms with Gasteiger partial charge in [-0.25, -0.2) is 13.6 Å². The Balaban J connectivity index is 1.64. The zero-order valence-electron chi connectivity index (χ0n) is 17.5. The zero-order chi connectivity index (χ0) is 22.7. The number of aromatic nitrogens is 1. The van der Waals surface area contributed by atoms with Crippen LogP contribution in [-0.2, 0) is 17.4 Å². The van der Waals surface area contributed by atoms with Gasteiger partial charge >= 0.3 is 0 Å². The summed E-state index contributed by atoms with van der Waals surface area (Å²) in [6.45, 7) is 0. The van der Waals surface area contributed by atoms with Crippen molar-refractivity contribution in [3.05, 3.63) is 93.8 Å². The minimum absolute atomic E-state index is 0.0968. The average Bonchev–Trinajstić information content (AvgIpc) is 2.80. The number of hydrogen-bond donors (Lipinski definition) is 0. The highest BCUT2D eigenvalue weighted by Gasteiger charge is 2.32. The van der Waals surface area contributed by atoms with Gasteiger partial charge in [-0.3, -0.25) is 9.10 Å². The molecule has 4 rings (SSSR count). The molecule has 0 saturated carbocycles. The number of halogens is 1. The smallest absolute Gasteiger partial charge is 0.213 e. The molecule has 2 heterocycles. The van der Waals surface area contributed by atoms with Gasteiger partial charge in [0.1, 0.15) is 10.7 Å². The summed E-state index contributed by atoms with van der Waals surface area (Å²) in [6, 6.07) is 14.7. The molecule has 0 radical (unpaired) electrons. The van der Waals surface area contributed by atoms with Crippen LogP contribution in [0.15, 0.2) is 65.7 Å². The molecule has 3 aromatic rings. The first-order valence-corrected chi connectivity index (χ1v) is 10.9. The SMILES string of the molecule is COc1cc(CC#Cc2ccc3c(c2)C(=O)/C(=C\c2cccc(F)c2)S(=O)N3C)ccn1. The Bertz CT molecular complexity index is 1320. The Morgan fingerprint density at radius 2 is 2.03 bits per heavy atom. The molecule has 1 unspecified atom stereocenters. The predicted octanol–water partition coefficient (Wildman–Crippen LogP) is 4.16. The lowest BCUT2D eigenvalue weighted by molar-refractivity contribution is 0.104. The average molecular weight is 447 g/mol. The molecule has 0 saturated heterocycles. The molecule has 0 aliphatic carbocycles. The van der Waals surface area contributed by atoms with Crippen molar-refractivity contribution in [3.63, 3.8) is 0 Å². The minimum atomic E-state index is -1.69. The molecule has 0 fully saturated rings. The van der Waals surface area contributed by atoms with Crippen LogP contribution in [-0.4, -0.2) is 29.1 Å². The molecule has 5 nitrogen and oxygen atoms in total. The van der Waals surface area contributed by atoms with Gasteiger partial charge in [-0.1, -0.05) is 24.0 Å². The molecule has 7 heteroatoms. The van der Waals surface area contributed by atoms with Gasteiger partial charge in [0.25, 0.3) is 0 Å². The molecule has 32 heavy (non-hydrogen) atoms. The Morgan fingerprint density at radius 3 is 2.81 bits per heavy atom. The first-order chi connectivity index (χ1) is 15.5. The highest BCUT2D eigenvalue weighted by molar-refractivity contribution is 7.91. The summed E-state index contributed by atoms with van der Waals surface area (Å²) >= 11 is 0. The lowest BCUT2D eigenvalue weighted by atomic mass is 10.0. The molecule has 0 bridgehead atoms. The third-order valence-corrected chi connectivity index (χ3v) is 6.29. The van der Waals surface area contributed by atoms with E-state index in [0.29, 0.717) is 34.7 Å². The van der Waals surface area contributed by atoms with Gasteiger partial charge in [0.2, 0.25) is 11.7 Å². The number of ketones is 1. The molecule has 0 spiro atoms. The third kappa shape index (κ3) is 4.46. The van der Waals surface area contributed by atoms with E-state index in [4.69, 9.17) is 4.74 Å². The largest absolute Gasteiger partial charge is 0.481 e. The van der Waals surface area contributed by atoms with E-state index >= 15 is 0 Å². The van der Waals surface area contributed by atoms with Crippen LogP contribution in [0.5, 0.6) is 5.88 Å². The lowest BCUT2D eigenvalue weighted by Gasteiger charge is -2.27. The van der Waals surface area contributed by atoms with Gasteiger partial charge in [0, 0.05) is 36.9 Å². The van der Waals surface area contributed by atoms with Crippen molar-refractivity contribution in [2.75, 3.05) is 18.5 Å². The summed E-state index contributed by atoms with van der Waals surface area (Å²) in [5, 5.41) is 0. The minimum Gasteiger partial charge on any atom is -0.481 e. The van der Waals surface area contributed by atoms with Gasteiger partial charge < -0.3 is 4.74 Å². The number of fused-ring (bicyclic) bond motifs is 1. The quantitative estimate of drug-likeness (QED) is 0.448. The normalized spacial score (nSPS) is 16.3. The lowest BCUT2D eigenvalue weighted by Crippen LogP contribution is -2.31. The molecule has 1 aliphatic heterocycles. The van der Waals surface area contributed by atoms with Crippen molar-refractivity contribution in [2.24, 2.45) is 0 Å². The van der Waals surface area contributed by atoms with Crippen molar-refractivity contribution in [1.29, 1.82) is 0 Å². The maximum atomic E-state index is 13.5. The summed E-state index contributed by atoms with van der Waals surface area (Å²) in [5.74, 6) is 5.91. The van der Waals surface area contributed by atoms with E-state index in [2.05, 4.69) is 16.8 Å². The number of ether oxygens (including phenoxy) is 1. The highest BCUT2D eigenvalue weighted by Crippen LogP contribution is 2.33. The number of benzene rings is 2. The van der Waals surface area contributed by atoms with E-state index < -0.39 is 16.8 Å². The summed E-state index contributed by atoms with van der Waals surface area (Å²) in [6.07, 6.45) is 3.63. The number of hydrogen-bond acceptors (Lipinski definition) is 4. The van der Waals surface area contributed by atoms with Crippen molar-refractivity contribution < 1.29 is 18.1 Å². The molecule has 1 atom stereocenters. The Morgan fingerprint density at radius 1 is 1.19 bits per heavy atom. The maximum absolute atomic E-state index is 13.5. The van der Waals surface area contributed by atoms with E-state index in [9.17, 15) is 13.4 Å². The molecule has 2 aromatic carbocycles. The van der Waals surface area contributed by atoms with Crippen LogP contribution in [0, 0.1) is 17.7 Å². The van der Waals surface area contributed by atoms with Crippen LogP contribution in [0.25, 0.3) is 6.08 Å². The Hall–Kier alpha value is -3.76. The van der Waals surface area contributed by atoms with Crippen LogP contribution in [0.4, 0.5) is 10.1 Å². The predicted molar refractivity (Wildman–Crippen MR) is 123 cm³/mol.